The maximum absolute atomic E-state index is 14.2. The molecule has 3 heterocycles. The van der Waals surface area contributed by atoms with Crippen LogP contribution in [0.25, 0.3) is 22.3 Å². The fourth-order valence-electron chi connectivity index (χ4n) is 4.80. The molecule has 0 amide bonds. The minimum absolute atomic E-state index is 0. The SMILES string of the molecule is Br.Br.Br.CCc1cc(O)c(F)cc1-c1ccc2c(c1)C1=CC(c3nc4c([nH]3)CNCC4)=CCC1=N2. The van der Waals surface area contributed by atoms with E-state index in [1.165, 1.54) is 17.8 Å². The molecule has 5 nitrogen and oxygen atoms in total. The van der Waals surface area contributed by atoms with E-state index in [9.17, 15) is 9.50 Å². The Kier molecular flexibility index (Phi) is 8.57. The lowest BCUT2D eigenvalue weighted by Crippen LogP contribution is -2.23. The minimum Gasteiger partial charge on any atom is -0.505 e. The average Bonchev–Trinajstić information content (AvgIpc) is 3.41. The zero-order valence-corrected chi connectivity index (χ0v) is 24.2. The molecule has 0 spiro atoms. The molecule has 2 aliphatic heterocycles. The van der Waals surface area contributed by atoms with Crippen molar-refractivity contribution in [2.24, 2.45) is 4.99 Å². The van der Waals surface area contributed by atoms with Crippen LogP contribution in [0.4, 0.5) is 10.1 Å². The van der Waals surface area contributed by atoms with E-state index >= 15 is 0 Å². The fourth-order valence-corrected chi connectivity index (χ4v) is 4.80. The van der Waals surface area contributed by atoms with Crippen molar-refractivity contribution in [3.8, 4) is 16.9 Å². The van der Waals surface area contributed by atoms with Crippen molar-refractivity contribution in [1.82, 2.24) is 15.3 Å². The maximum Gasteiger partial charge on any atom is 0.165 e. The molecule has 1 aromatic heterocycles. The summed E-state index contributed by atoms with van der Waals surface area (Å²) >= 11 is 0. The van der Waals surface area contributed by atoms with Crippen LogP contribution in [0.5, 0.6) is 5.75 Å². The van der Waals surface area contributed by atoms with Crippen LogP contribution in [0, 0.1) is 5.82 Å². The third-order valence-corrected chi connectivity index (χ3v) is 6.51. The van der Waals surface area contributed by atoms with Gasteiger partial charge in [0.05, 0.1) is 22.8 Å². The first-order valence-electron chi connectivity index (χ1n) is 11.1. The van der Waals surface area contributed by atoms with E-state index in [0.29, 0.717) is 6.42 Å². The summed E-state index contributed by atoms with van der Waals surface area (Å²) in [6, 6.07) is 9.01. The van der Waals surface area contributed by atoms with E-state index < -0.39 is 5.82 Å². The number of fused-ring (bicyclic) bond motifs is 4. The highest BCUT2D eigenvalue weighted by molar-refractivity contribution is 8.93. The zero-order valence-electron chi connectivity index (χ0n) is 19.0. The van der Waals surface area contributed by atoms with Crippen molar-refractivity contribution >= 4 is 73.5 Å². The number of nitrogens with one attached hydrogen (secondary N) is 2. The molecular formula is C26H26Br3FN4O. The van der Waals surface area contributed by atoms with Gasteiger partial charge in [-0.25, -0.2) is 9.37 Å². The van der Waals surface area contributed by atoms with Gasteiger partial charge in [0.25, 0.3) is 0 Å². The molecule has 3 N–H and O–H groups in total. The number of H-pyrrole nitrogens is 1. The standard InChI is InChI=1S/C26H23FN4O.3BrH/c1-2-14-11-25(32)20(27)12-17(14)15-3-5-21-18(9-15)19-10-16(4-6-22(19)29-21)26-30-23-7-8-28-13-24(23)31-26;;;/h3-5,9-12,28,32H,2,6-8,13H2,1H3,(H,30,31);3*1H. The summed E-state index contributed by atoms with van der Waals surface area (Å²) in [6.07, 6.45) is 6.74. The molecule has 0 unspecified atom stereocenters. The third-order valence-electron chi connectivity index (χ3n) is 6.51. The molecule has 0 atom stereocenters. The Labute approximate surface area is 235 Å². The number of hydrogen-bond acceptors (Lipinski definition) is 4. The Morgan fingerprint density at radius 2 is 1.91 bits per heavy atom. The summed E-state index contributed by atoms with van der Waals surface area (Å²) in [4.78, 5) is 13.1. The van der Waals surface area contributed by atoms with Crippen LogP contribution < -0.4 is 5.32 Å². The van der Waals surface area contributed by atoms with Gasteiger partial charge in [0.1, 0.15) is 5.82 Å². The Balaban J connectivity index is 0.00000114. The number of aromatic nitrogens is 2. The molecule has 0 bridgehead atoms. The van der Waals surface area contributed by atoms with E-state index in [2.05, 4.69) is 28.5 Å². The van der Waals surface area contributed by atoms with Gasteiger partial charge < -0.3 is 15.4 Å². The van der Waals surface area contributed by atoms with Gasteiger partial charge in [0, 0.05) is 42.6 Å². The zero-order chi connectivity index (χ0) is 21.8. The summed E-state index contributed by atoms with van der Waals surface area (Å²) < 4.78 is 14.2. The van der Waals surface area contributed by atoms with Crippen LogP contribution in [0.2, 0.25) is 0 Å². The second-order valence-electron chi connectivity index (χ2n) is 8.46. The summed E-state index contributed by atoms with van der Waals surface area (Å²) in [5.41, 5.74) is 10.2. The highest BCUT2D eigenvalue weighted by Gasteiger charge is 2.26. The van der Waals surface area contributed by atoms with Crippen molar-refractivity contribution < 1.29 is 9.50 Å². The van der Waals surface area contributed by atoms with Gasteiger partial charge in [-0.3, -0.25) is 4.99 Å². The lowest BCUT2D eigenvalue weighted by molar-refractivity contribution is 0.432. The fraction of sp³-hybridized carbons (Fsp3) is 0.231. The smallest absolute Gasteiger partial charge is 0.165 e. The molecule has 2 aromatic carbocycles. The number of aliphatic imine (C=N–C) groups is 1. The maximum atomic E-state index is 14.2. The quantitative estimate of drug-likeness (QED) is 0.287. The highest BCUT2D eigenvalue weighted by Crippen LogP contribution is 2.42. The van der Waals surface area contributed by atoms with Crippen molar-refractivity contribution in [2.75, 3.05) is 6.54 Å². The van der Waals surface area contributed by atoms with Gasteiger partial charge in [0.2, 0.25) is 0 Å². The van der Waals surface area contributed by atoms with E-state index in [1.807, 2.05) is 19.1 Å². The minimum atomic E-state index is -0.604. The van der Waals surface area contributed by atoms with Crippen molar-refractivity contribution in [3.05, 3.63) is 76.6 Å². The summed E-state index contributed by atoms with van der Waals surface area (Å²) in [6.45, 7) is 3.79. The largest absolute Gasteiger partial charge is 0.505 e. The molecule has 6 rings (SSSR count). The van der Waals surface area contributed by atoms with Crippen LogP contribution in [0.1, 0.15) is 41.7 Å². The predicted molar refractivity (Wildman–Crippen MR) is 156 cm³/mol. The van der Waals surface area contributed by atoms with E-state index in [-0.39, 0.29) is 56.7 Å². The molecule has 35 heavy (non-hydrogen) atoms. The van der Waals surface area contributed by atoms with E-state index in [1.54, 1.807) is 0 Å². The van der Waals surface area contributed by atoms with Gasteiger partial charge in [0.15, 0.2) is 11.6 Å². The number of aromatic amines is 1. The van der Waals surface area contributed by atoms with Gasteiger partial charge in [-0.1, -0.05) is 19.1 Å². The highest BCUT2D eigenvalue weighted by atomic mass is 79.9. The van der Waals surface area contributed by atoms with Gasteiger partial charge in [-0.15, -0.1) is 50.9 Å². The van der Waals surface area contributed by atoms with Crippen molar-refractivity contribution in [2.45, 2.75) is 32.7 Å². The Morgan fingerprint density at radius 3 is 2.69 bits per heavy atom. The third kappa shape index (κ3) is 4.83. The van der Waals surface area contributed by atoms with Crippen LogP contribution in [0.3, 0.4) is 0 Å². The lowest BCUT2D eigenvalue weighted by atomic mass is 9.90. The number of phenolic OH excluding ortho intramolecular Hbond substituents is 1. The second kappa shape index (κ2) is 10.9. The van der Waals surface area contributed by atoms with Gasteiger partial charge >= 0.3 is 0 Å². The number of phenols is 1. The Morgan fingerprint density at radius 1 is 1.09 bits per heavy atom. The van der Waals surface area contributed by atoms with Gasteiger partial charge in [-0.2, -0.15) is 0 Å². The first kappa shape index (κ1) is 27.5. The number of nitrogens with zero attached hydrogens (tertiary/aromatic N) is 2. The summed E-state index contributed by atoms with van der Waals surface area (Å²) in [7, 11) is 0. The normalized spacial score (nSPS) is 15.2. The molecule has 1 aliphatic carbocycles. The molecule has 3 aliphatic rings. The van der Waals surface area contributed by atoms with E-state index in [0.717, 1.165) is 82.2 Å². The Hall–Kier alpha value is -2.07. The molecular weight excluding hydrogens is 643 g/mol. The van der Waals surface area contributed by atoms with E-state index in [4.69, 9.17) is 9.98 Å². The molecule has 0 radical (unpaired) electrons. The van der Waals surface area contributed by atoms with Crippen molar-refractivity contribution in [3.63, 3.8) is 0 Å². The van der Waals surface area contributed by atoms with Crippen LogP contribution in [-0.4, -0.2) is 27.3 Å². The first-order chi connectivity index (χ1) is 15.6. The molecule has 0 saturated carbocycles. The molecule has 184 valence electrons. The first-order valence-corrected chi connectivity index (χ1v) is 11.1. The second-order valence-corrected chi connectivity index (χ2v) is 8.46. The Bertz CT molecular complexity index is 1350. The molecule has 3 aromatic rings. The molecule has 0 saturated heterocycles. The summed E-state index contributed by atoms with van der Waals surface area (Å²) in [5.74, 6) is -0.00441. The average molecular weight is 669 g/mol. The number of allylic oxidation sites excluding steroid dienone is 4. The number of aryl methyl sites for hydroxylation is 1. The number of imidazole rings is 1. The predicted octanol–water partition coefficient (Wildman–Crippen LogP) is 6.82. The van der Waals surface area contributed by atoms with Gasteiger partial charge in [-0.05, 0) is 53.5 Å². The number of aromatic hydroxyl groups is 1. The molecule has 0 fully saturated rings. The number of benzene rings is 2. The topological polar surface area (TPSA) is 73.3 Å². The van der Waals surface area contributed by atoms with Crippen molar-refractivity contribution in [1.29, 1.82) is 0 Å². The van der Waals surface area contributed by atoms with Crippen LogP contribution in [-0.2, 0) is 19.4 Å². The molecule has 9 heteroatoms. The number of hydrogen-bond donors (Lipinski definition) is 3. The monoisotopic (exact) mass is 666 g/mol. The van der Waals surface area contributed by atoms with Crippen LogP contribution in [0.15, 0.2) is 47.5 Å². The lowest BCUT2D eigenvalue weighted by Gasteiger charge is -2.13. The number of rotatable bonds is 3. The van der Waals surface area contributed by atoms with Crippen LogP contribution >= 0.6 is 50.9 Å². The summed E-state index contributed by atoms with van der Waals surface area (Å²) in [5, 5.41) is 13.2. The number of halogens is 4.